The first-order valence-corrected chi connectivity index (χ1v) is 9.58. The Balaban J connectivity index is 1.44. The van der Waals surface area contributed by atoms with Crippen LogP contribution in [0, 0.1) is 5.92 Å². The van der Waals surface area contributed by atoms with Crippen LogP contribution in [-0.4, -0.2) is 66.9 Å². The van der Waals surface area contributed by atoms with Crippen LogP contribution in [0.15, 0.2) is 30.3 Å². The van der Waals surface area contributed by atoms with Crippen LogP contribution in [-0.2, 0) is 10.3 Å². The second-order valence-electron chi connectivity index (χ2n) is 7.70. The van der Waals surface area contributed by atoms with E-state index in [1.54, 1.807) is 0 Å². The van der Waals surface area contributed by atoms with Crippen molar-refractivity contribution in [1.29, 1.82) is 0 Å². The summed E-state index contributed by atoms with van der Waals surface area (Å²) in [5, 5.41) is 10.7. The van der Waals surface area contributed by atoms with E-state index < -0.39 is 0 Å². The van der Waals surface area contributed by atoms with Crippen LogP contribution in [0.2, 0.25) is 0 Å². The zero-order valence-corrected chi connectivity index (χ0v) is 14.6. The van der Waals surface area contributed by atoms with E-state index in [0.29, 0.717) is 0 Å². The average Bonchev–Trinajstić information content (AvgIpc) is 2.61. The van der Waals surface area contributed by atoms with Gasteiger partial charge in [-0.1, -0.05) is 43.2 Å². The molecule has 1 saturated carbocycles. The summed E-state index contributed by atoms with van der Waals surface area (Å²) in [5.74, 6) is 0.768. The number of hydrogen-bond donors (Lipinski definition) is 1. The summed E-state index contributed by atoms with van der Waals surface area (Å²) < 4.78 is 5.41. The molecule has 1 aliphatic carbocycles. The van der Waals surface area contributed by atoms with Gasteiger partial charge in [0.15, 0.2) is 0 Å². The zero-order valence-electron chi connectivity index (χ0n) is 14.6. The van der Waals surface area contributed by atoms with Gasteiger partial charge in [-0.2, -0.15) is 0 Å². The molecular weight excluding hydrogens is 300 g/mol. The van der Waals surface area contributed by atoms with Gasteiger partial charge in [-0.05, 0) is 24.3 Å². The minimum atomic E-state index is -0.272. The van der Waals surface area contributed by atoms with Crippen LogP contribution in [0.25, 0.3) is 0 Å². The lowest BCUT2D eigenvalue weighted by Gasteiger charge is -2.62. The number of β-amino-alcohol motifs (C(OH)–C–C–N with tert-alkyl or cyclic N) is 1. The largest absolute Gasteiger partial charge is 0.390 e. The van der Waals surface area contributed by atoms with Crippen LogP contribution in [0.4, 0.5) is 0 Å². The van der Waals surface area contributed by atoms with E-state index in [1.165, 1.54) is 31.2 Å². The molecule has 0 amide bonds. The molecule has 3 atom stereocenters. The van der Waals surface area contributed by atoms with Crippen LogP contribution < -0.4 is 0 Å². The molecule has 2 aliphatic heterocycles. The molecule has 0 spiro atoms. The van der Waals surface area contributed by atoms with Crippen molar-refractivity contribution < 1.29 is 9.84 Å². The van der Waals surface area contributed by atoms with Crippen molar-refractivity contribution in [3.8, 4) is 0 Å². The van der Waals surface area contributed by atoms with Crippen LogP contribution in [0.3, 0.4) is 0 Å². The predicted molar refractivity (Wildman–Crippen MR) is 94.9 cm³/mol. The summed E-state index contributed by atoms with van der Waals surface area (Å²) in [6, 6.07) is 11.0. The quantitative estimate of drug-likeness (QED) is 0.897. The third kappa shape index (κ3) is 3.01. The number of fused-ring (bicyclic) bond motifs is 1. The second-order valence-corrected chi connectivity index (χ2v) is 7.70. The van der Waals surface area contributed by atoms with Gasteiger partial charge in [-0.25, -0.2) is 0 Å². The van der Waals surface area contributed by atoms with Gasteiger partial charge in [-0.3, -0.25) is 9.80 Å². The fraction of sp³-hybridized carbons (Fsp3) is 0.700. The standard InChI is InChI=1S/C20H30N2O2/c23-19(15-21-10-12-24-13-11-21)16-22-14-18-8-4-5-9-20(18,22)17-6-2-1-3-7-17/h1-3,6-7,18-19,23H,4-5,8-16H2. The number of rotatable bonds is 5. The van der Waals surface area contributed by atoms with Crippen LogP contribution >= 0.6 is 0 Å². The highest BCUT2D eigenvalue weighted by Crippen LogP contribution is 2.53. The Morgan fingerprint density at radius 2 is 1.92 bits per heavy atom. The van der Waals surface area contributed by atoms with Crippen molar-refractivity contribution in [2.75, 3.05) is 45.9 Å². The van der Waals surface area contributed by atoms with Crippen molar-refractivity contribution in [2.24, 2.45) is 5.92 Å². The maximum Gasteiger partial charge on any atom is 0.0794 e. The summed E-state index contributed by atoms with van der Waals surface area (Å²) in [6.45, 7) is 6.21. The van der Waals surface area contributed by atoms with Crippen molar-refractivity contribution in [2.45, 2.75) is 37.3 Å². The number of morpholine rings is 1. The highest BCUT2D eigenvalue weighted by Gasteiger charge is 2.54. The SMILES string of the molecule is OC(CN1CCOCC1)CN1CC2CCCCC21c1ccccc1. The molecule has 2 saturated heterocycles. The molecule has 4 rings (SSSR count). The summed E-state index contributed by atoms with van der Waals surface area (Å²) in [4.78, 5) is 4.90. The normalized spacial score (nSPS) is 32.8. The maximum absolute atomic E-state index is 10.7. The van der Waals surface area contributed by atoms with Crippen LogP contribution in [0.1, 0.15) is 31.2 Å². The van der Waals surface area contributed by atoms with Gasteiger partial charge in [0.2, 0.25) is 0 Å². The average molecular weight is 330 g/mol. The van der Waals surface area contributed by atoms with Gasteiger partial charge in [0.25, 0.3) is 0 Å². The number of aliphatic hydroxyl groups excluding tert-OH is 1. The number of benzene rings is 1. The lowest BCUT2D eigenvalue weighted by atomic mass is 9.61. The Labute approximate surface area is 145 Å². The number of aliphatic hydroxyl groups is 1. The summed E-state index contributed by atoms with van der Waals surface area (Å²) in [6.07, 6.45) is 4.98. The first-order chi connectivity index (χ1) is 11.8. The highest BCUT2D eigenvalue weighted by molar-refractivity contribution is 5.30. The lowest BCUT2D eigenvalue weighted by molar-refractivity contribution is -0.132. The monoisotopic (exact) mass is 330 g/mol. The van der Waals surface area contributed by atoms with Gasteiger partial charge in [-0.15, -0.1) is 0 Å². The summed E-state index contributed by atoms with van der Waals surface area (Å²) in [7, 11) is 0. The predicted octanol–water partition coefficient (Wildman–Crippen LogP) is 2.08. The minimum absolute atomic E-state index is 0.186. The number of nitrogens with zero attached hydrogens (tertiary/aromatic N) is 2. The van der Waals surface area contributed by atoms with Crippen molar-refractivity contribution in [1.82, 2.24) is 9.80 Å². The molecule has 4 nitrogen and oxygen atoms in total. The first-order valence-electron chi connectivity index (χ1n) is 9.58. The molecule has 4 heteroatoms. The van der Waals surface area contributed by atoms with Gasteiger partial charge < -0.3 is 9.84 Å². The molecule has 1 aromatic carbocycles. The minimum Gasteiger partial charge on any atom is -0.390 e. The summed E-state index contributed by atoms with van der Waals surface area (Å²) >= 11 is 0. The van der Waals surface area contributed by atoms with E-state index in [4.69, 9.17) is 4.74 Å². The third-order valence-corrected chi connectivity index (χ3v) is 6.32. The van der Waals surface area contributed by atoms with E-state index in [0.717, 1.165) is 51.9 Å². The molecule has 1 aromatic rings. The van der Waals surface area contributed by atoms with Crippen molar-refractivity contribution in [3.05, 3.63) is 35.9 Å². The molecular formula is C20H30N2O2. The Kier molecular flexibility index (Phi) is 4.90. The fourth-order valence-corrected chi connectivity index (χ4v) is 5.12. The van der Waals surface area contributed by atoms with E-state index in [1.807, 2.05) is 0 Å². The number of hydrogen-bond acceptors (Lipinski definition) is 4. The smallest absolute Gasteiger partial charge is 0.0794 e. The third-order valence-electron chi connectivity index (χ3n) is 6.32. The highest BCUT2D eigenvalue weighted by atomic mass is 16.5. The number of likely N-dealkylation sites (tertiary alicyclic amines) is 1. The molecule has 2 heterocycles. The fourth-order valence-electron chi connectivity index (χ4n) is 5.12. The van der Waals surface area contributed by atoms with Gasteiger partial charge in [0, 0.05) is 32.7 Å². The zero-order chi connectivity index (χ0) is 16.4. The van der Waals surface area contributed by atoms with Gasteiger partial charge >= 0.3 is 0 Å². The first kappa shape index (κ1) is 16.5. The molecule has 3 fully saturated rings. The molecule has 3 aliphatic rings. The van der Waals surface area contributed by atoms with Crippen molar-refractivity contribution >= 4 is 0 Å². The lowest BCUT2D eigenvalue weighted by Crippen LogP contribution is -2.67. The van der Waals surface area contributed by atoms with Crippen LogP contribution in [0.5, 0.6) is 0 Å². The Morgan fingerprint density at radius 3 is 2.67 bits per heavy atom. The van der Waals surface area contributed by atoms with E-state index in [2.05, 4.69) is 40.1 Å². The van der Waals surface area contributed by atoms with E-state index in [-0.39, 0.29) is 11.6 Å². The van der Waals surface area contributed by atoms with Crippen molar-refractivity contribution in [3.63, 3.8) is 0 Å². The Bertz CT molecular complexity index is 532. The molecule has 1 N–H and O–H groups in total. The second kappa shape index (κ2) is 7.12. The maximum atomic E-state index is 10.7. The molecule has 0 aromatic heterocycles. The molecule has 0 radical (unpaired) electrons. The Morgan fingerprint density at radius 1 is 1.12 bits per heavy atom. The molecule has 132 valence electrons. The van der Waals surface area contributed by atoms with E-state index >= 15 is 0 Å². The van der Waals surface area contributed by atoms with E-state index in [9.17, 15) is 5.11 Å². The van der Waals surface area contributed by atoms with Gasteiger partial charge in [0.05, 0.1) is 24.9 Å². The Hall–Kier alpha value is -0.940. The molecule has 24 heavy (non-hydrogen) atoms. The molecule has 0 bridgehead atoms. The van der Waals surface area contributed by atoms with Gasteiger partial charge in [0.1, 0.15) is 0 Å². The molecule has 3 unspecified atom stereocenters. The topological polar surface area (TPSA) is 35.9 Å². The summed E-state index contributed by atoms with van der Waals surface area (Å²) in [5.41, 5.74) is 1.64. The number of ether oxygens (including phenoxy) is 1.